The zero-order valence-corrected chi connectivity index (χ0v) is 10.9. The molecule has 0 aromatic carbocycles. The highest BCUT2D eigenvalue weighted by Gasteiger charge is 2.22. The molecule has 1 aliphatic carbocycles. The van der Waals surface area contributed by atoms with Crippen LogP contribution in [-0.4, -0.2) is 11.0 Å². The number of hydrogen-bond donors (Lipinski definition) is 1. The predicted octanol–water partition coefficient (Wildman–Crippen LogP) is 4.00. The second-order valence-electron chi connectivity index (χ2n) is 5.54. The summed E-state index contributed by atoms with van der Waals surface area (Å²) in [7, 11) is 0. The third-order valence-electron chi connectivity index (χ3n) is 3.14. The maximum Gasteiger partial charge on any atom is 0.145 e. The Balaban J connectivity index is 2.25. The summed E-state index contributed by atoms with van der Waals surface area (Å²) in [5, 5.41) is 4.20. The first-order valence-electron chi connectivity index (χ1n) is 5.90. The van der Waals surface area contributed by atoms with Crippen molar-refractivity contribution in [3.05, 3.63) is 22.8 Å². The molecule has 0 spiro atoms. The van der Waals surface area contributed by atoms with Crippen LogP contribution in [0.1, 0.15) is 45.6 Å². The minimum absolute atomic E-state index is 0.0655. The first-order valence-corrected chi connectivity index (χ1v) is 6.28. The molecule has 0 unspecified atom stereocenters. The number of rotatable bonds is 2. The van der Waals surface area contributed by atoms with E-state index in [0.29, 0.717) is 6.04 Å². The predicted molar refractivity (Wildman–Crippen MR) is 69.2 cm³/mol. The minimum atomic E-state index is 0.0655. The molecule has 16 heavy (non-hydrogen) atoms. The number of nitrogens with one attached hydrogen (secondary N) is 1. The molecule has 2 rings (SSSR count). The van der Waals surface area contributed by atoms with Gasteiger partial charge in [0, 0.05) is 12.2 Å². The van der Waals surface area contributed by atoms with Gasteiger partial charge < -0.3 is 5.32 Å². The van der Waals surface area contributed by atoms with Gasteiger partial charge in [0.2, 0.25) is 0 Å². The second kappa shape index (κ2) is 4.25. The zero-order valence-electron chi connectivity index (χ0n) is 10.2. The molecule has 1 aromatic rings. The van der Waals surface area contributed by atoms with Crippen LogP contribution in [0.25, 0.3) is 0 Å². The Morgan fingerprint density at radius 3 is 2.56 bits per heavy atom. The van der Waals surface area contributed by atoms with E-state index in [1.165, 1.54) is 19.3 Å². The van der Waals surface area contributed by atoms with Gasteiger partial charge in [-0.1, -0.05) is 32.4 Å². The normalized spacial score (nSPS) is 17.0. The molecular formula is C13H19ClN2. The monoisotopic (exact) mass is 238 g/mol. The number of hydrogen-bond acceptors (Lipinski definition) is 2. The Morgan fingerprint density at radius 1 is 1.38 bits per heavy atom. The molecule has 1 N–H and O–H groups in total. The van der Waals surface area contributed by atoms with E-state index in [1.54, 1.807) is 0 Å². The van der Waals surface area contributed by atoms with Crippen LogP contribution in [0.4, 0.5) is 5.82 Å². The van der Waals surface area contributed by atoms with Gasteiger partial charge in [0.15, 0.2) is 0 Å². The van der Waals surface area contributed by atoms with Crippen LogP contribution in [0, 0.1) is 0 Å². The summed E-state index contributed by atoms with van der Waals surface area (Å²) >= 11 is 6.39. The molecule has 1 aromatic heterocycles. The van der Waals surface area contributed by atoms with Crippen molar-refractivity contribution < 1.29 is 0 Å². The quantitative estimate of drug-likeness (QED) is 0.843. The molecule has 2 nitrogen and oxygen atoms in total. The summed E-state index contributed by atoms with van der Waals surface area (Å²) in [5.74, 6) is 0.846. The fourth-order valence-corrected chi connectivity index (χ4v) is 2.32. The number of halogens is 1. The van der Waals surface area contributed by atoms with Crippen molar-refractivity contribution in [1.29, 1.82) is 0 Å². The van der Waals surface area contributed by atoms with E-state index in [2.05, 4.69) is 31.1 Å². The van der Waals surface area contributed by atoms with Gasteiger partial charge in [0.05, 0.1) is 5.02 Å². The van der Waals surface area contributed by atoms with Crippen LogP contribution in [0.3, 0.4) is 0 Å². The van der Waals surface area contributed by atoms with E-state index in [-0.39, 0.29) is 5.41 Å². The van der Waals surface area contributed by atoms with Crippen LogP contribution < -0.4 is 5.32 Å². The molecule has 88 valence electrons. The van der Waals surface area contributed by atoms with E-state index in [4.69, 9.17) is 11.6 Å². The van der Waals surface area contributed by atoms with E-state index in [1.807, 2.05) is 12.3 Å². The van der Waals surface area contributed by atoms with Crippen molar-refractivity contribution in [1.82, 2.24) is 4.98 Å². The minimum Gasteiger partial charge on any atom is -0.366 e. The van der Waals surface area contributed by atoms with Gasteiger partial charge in [-0.15, -0.1) is 0 Å². The number of nitrogens with zero attached hydrogens (tertiary/aromatic N) is 1. The Morgan fingerprint density at radius 2 is 2.06 bits per heavy atom. The Kier molecular flexibility index (Phi) is 3.11. The highest BCUT2D eigenvalue weighted by Crippen LogP contribution is 2.34. The number of aromatic nitrogens is 1. The fraction of sp³-hybridized carbons (Fsp3) is 0.615. The average Bonchev–Trinajstić information content (AvgIpc) is 2.11. The SMILES string of the molecule is CC(C)(C)c1ccnc(NC2CCC2)c1Cl. The molecule has 3 heteroatoms. The first kappa shape index (κ1) is 11.7. The molecule has 0 radical (unpaired) electrons. The highest BCUT2D eigenvalue weighted by molar-refractivity contribution is 6.33. The molecule has 1 fully saturated rings. The molecule has 1 saturated carbocycles. The van der Waals surface area contributed by atoms with Crippen molar-refractivity contribution in [2.75, 3.05) is 5.32 Å². The average molecular weight is 239 g/mol. The lowest BCUT2D eigenvalue weighted by molar-refractivity contribution is 0.444. The molecular weight excluding hydrogens is 220 g/mol. The van der Waals surface area contributed by atoms with Crippen LogP contribution in [0.5, 0.6) is 0 Å². The standard InChI is InChI=1S/C13H19ClN2/c1-13(2,3)10-7-8-15-12(11(10)14)16-9-5-4-6-9/h7-9H,4-6H2,1-3H3,(H,15,16). The van der Waals surface area contributed by atoms with Gasteiger partial charge >= 0.3 is 0 Å². The fourth-order valence-electron chi connectivity index (χ4n) is 1.87. The molecule has 0 aliphatic heterocycles. The maximum absolute atomic E-state index is 6.39. The molecule has 1 heterocycles. The van der Waals surface area contributed by atoms with Gasteiger partial charge in [0.1, 0.15) is 5.82 Å². The summed E-state index contributed by atoms with van der Waals surface area (Å²) < 4.78 is 0. The highest BCUT2D eigenvalue weighted by atomic mass is 35.5. The van der Waals surface area contributed by atoms with Crippen molar-refractivity contribution in [3.8, 4) is 0 Å². The van der Waals surface area contributed by atoms with Gasteiger partial charge in [-0.3, -0.25) is 0 Å². The van der Waals surface area contributed by atoms with Gasteiger partial charge in [-0.25, -0.2) is 4.98 Å². The largest absolute Gasteiger partial charge is 0.366 e. The third kappa shape index (κ3) is 2.32. The topological polar surface area (TPSA) is 24.9 Å². The molecule has 0 bridgehead atoms. The van der Waals surface area contributed by atoms with Crippen LogP contribution >= 0.6 is 11.6 Å². The van der Waals surface area contributed by atoms with Gasteiger partial charge in [0.25, 0.3) is 0 Å². The number of anilines is 1. The molecule has 0 amide bonds. The first-order chi connectivity index (χ1) is 7.48. The maximum atomic E-state index is 6.39. The van der Waals surface area contributed by atoms with Crippen molar-refractivity contribution >= 4 is 17.4 Å². The zero-order chi connectivity index (χ0) is 11.8. The molecule has 0 atom stereocenters. The summed E-state index contributed by atoms with van der Waals surface area (Å²) in [6.45, 7) is 6.50. The molecule has 1 aliphatic rings. The van der Waals surface area contributed by atoms with Gasteiger partial charge in [-0.05, 0) is 36.3 Å². The summed E-state index contributed by atoms with van der Waals surface area (Å²) in [4.78, 5) is 4.33. The lowest BCUT2D eigenvalue weighted by Crippen LogP contribution is -2.28. The summed E-state index contributed by atoms with van der Waals surface area (Å²) in [6.07, 6.45) is 5.62. The number of pyridine rings is 1. The van der Waals surface area contributed by atoms with E-state index >= 15 is 0 Å². The lowest BCUT2D eigenvalue weighted by Gasteiger charge is -2.28. The van der Waals surface area contributed by atoms with Crippen molar-refractivity contribution in [2.45, 2.75) is 51.5 Å². The van der Waals surface area contributed by atoms with Crippen LogP contribution in [0.15, 0.2) is 12.3 Å². The Hall–Kier alpha value is -0.760. The Bertz CT molecular complexity index is 378. The smallest absolute Gasteiger partial charge is 0.145 e. The Labute approximate surface area is 102 Å². The lowest BCUT2D eigenvalue weighted by atomic mass is 9.87. The summed E-state index contributed by atoms with van der Waals surface area (Å²) in [5.41, 5.74) is 1.22. The van der Waals surface area contributed by atoms with Crippen molar-refractivity contribution in [2.24, 2.45) is 0 Å². The molecule has 0 saturated heterocycles. The third-order valence-corrected chi connectivity index (χ3v) is 3.53. The second-order valence-corrected chi connectivity index (χ2v) is 5.92. The summed E-state index contributed by atoms with van der Waals surface area (Å²) in [6, 6.07) is 2.58. The van der Waals surface area contributed by atoms with Crippen LogP contribution in [0.2, 0.25) is 5.02 Å². The van der Waals surface area contributed by atoms with E-state index in [9.17, 15) is 0 Å². The van der Waals surface area contributed by atoms with E-state index < -0.39 is 0 Å². The van der Waals surface area contributed by atoms with Crippen molar-refractivity contribution in [3.63, 3.8) is 0 Å². The van der Waals surface area contributed by atoms with E-state index in [0.717, 1.165) is 16.4 Å². The van der Waals surface area contributed by atoms with Gasteiger partial charge in [-0.2, -0.15) is 0 Å². The van der Waals surface area contributed by atoms with Crippen LogP contribution in [-0.2, 0) is 5.41 Å².